The fourth-order valence-electron chi connectivity index (χ4n) is 1.73. The lowest BCUT2D eigenvalue weighted by molar-refractivity contribution is 0.602. The molecule has 1 heterocycles. The second kappa shape index (κ2) is 5.14. The maximum atomic E-state index is 13.6. The van der Waals surface area contributed by atoms with E-state index in [1.165, 1.54) is 17.8 Å². The van der Waals surface area contributed by atoms with Crippen LogP contribution in [0.1, 0.15) is 24.6 Å². The van der Waals surface area contributed by atoms with E-state index in [-0.39, 0.29) is 5.82 Å². The molecule has 1 saturated carbocycles. The van der Waals surface area contributed by atoms with Crippen molar-refractivity contribution in [3.8, 4) is 0 Å². The third-order valence-corrected chi connectivity index (χ3v) is 3.83. The highest BCUT2D eigenvalue weighted by atomic mass is 32.2. The first kappa shape index (κ1) is 12.4. The molecule has 0 spiro atoms. The standard InChI is InChI=1S/C13H13FN4S/c14-9-3-1-2-4-10(9)19-12-7-11(18-15)16-13(17-12)8-5-6-8/h1-4,7-8H,5-6,15H2,(H,16,17,18). The summed E-state index contributed by atoms with van der Waals surface area (Å²) in [6, 6.07) is 8.36. The van der Waals surface area contributed by atoms with E-state index in [2.05, 4.69) is 15.4 Å². The second-order valence-electron chi connectivity index (χ2n) is 4.40. The molecule has 4 nitrogen and oxygen atoms in total. The predicted octanol–water partition coefficient (Wildman–Crippen LogP) is 2.93. The zero-order valence-corrected chi connectivity index (χ0v) is 11.0. The Morgan fingerprint density at radius 1 is 1.26 bits per heavy atom. The van der Waals surface area contributed by atoms with Crippen molar-refractivity contribution in [2.24, 2.45) is 5.84 Å². The maximum Gasteiger partial charge on any atom is 0.144 e. The third kappa shape index (κ3) is 2.85. The van der Waals surface area contributed by atoms with Gasteiger partial charge in [-0.1, -0.05) is 23.9 Å². The van der Waals surface area contributed by atoms with Gasteiger partial charge in [-0.15, -0.1) is 0 Å². The molecule has 19 heavy (non-hydrogen) atoms. The van der Waals surface area contributed by atoms with Crippen LogP contribution in [0.4, 0.5) is 10.2 Å². The van der Waals surface area contributed by atoms with Crippen LogP contribution in [0.15, 0.2) is 40.3 Å². The highest BCUT2D eigenvalue weighted by Gasteiger charge is 2.27. The summed E-state index contributed by atoms with van der Waals surface area (Å²) >= 11 is 1.28. The number of benzene rings is 1. The normalized spacial score (nSPS) is 14.4. The molecular formula is C13H13FN4S. The van der Waals surface area contributed by atoms with Crippen molar-refractivity contribution >= 4 is 17.6 Å². The second-order valence-corrected chi connectivity index (χ2v) is 5.46. The molecule has 0 atom stereocenters. The van der Waals surface area contributed by atoms with E-state index in [0.29, 0.717) is 21.7 Å². The minimum Gasteiger partial charge on any atom is -0.308 e. The average Bonchev–Trinajstić information content (AvgIpc) is 3.25. The van der Waals surface area contributed by atoms with Gasteiger partial charge in [0, 0.05) is 16.9 Å². The maximum absolute atomic E-state index is 13.6. The SMILES string of the molecule is NNc1cc(Sc2ccccc2F)nc(C2CC2)n1. The molecule has 0 unspecified atom stereocenters. The van der Waals surface area contributed by atoms with Gasteiger partial charge in [0.25, 0.3) is 0 Å². The molecule has 0 aliphatic heterocycles. The Morgan fingerprint density at radius 2 is 2.05 bits per heavy atom. The zero-order valence-electron chi connectivity index (χ0n) is 10.1. The van der Waals surface area contributed by atoms with E-state index >= 15 is 0 Å². The van der Waals surface area contributed by atoms with E-state index in [1.807, 2.05) is 0 Å². The summed E-state index contributed by atoms with van der Waals surface area (Å²) in [5, 5.41) is 0.704. The van der Waals surface area contributed by atoms with Crippen molar-refractivity contribution in [2.45, 2.75) is 28.7 Å². The molecule has 98 valence electrons. The number of nitrogens with one attached hydrogen (secondary N) is 1. The molecule has 1 aliphatic carbocycles. The molecule has 0 bridgehead atoms. The molecule has 1 aromatic carbocycles. The van der Waals surface area contributed by atoms with Crippen LogP contribution in [-0.4, -0.2) is 9.97 Å². The molecule has 1 aliphatic rings. The monoisotopic (exact) mass is 276 g/mol. The Hall–Kier alpha value is -1.66. The lowest BCUT2D eigenvalue weighted by Gasteiger charge is -2.07. The number of nitrogen functional groups attached to an aromatic ring is 1. The number of aromatic nitrogens is 2. The van der Waals surface area contributed by atoms with E-state index in [9.17, 15) is 4.39 Å². The Labute approximate surface area is 114 Å². The van der Waals surface area contributed by atoms with Crippen LogP contribution in [0, 0.1) is 5.82 Å². The van der Waals surface area contributed by atoms with E-state index in [1.54, 1.807) is 24.3 Å². The van der Waals surface area contributed by atoms with Crippen molar-refractivity contribution in [2.75, 3.05) is 5.43 Å². The summed E-state index contributed by atoms with van der Waals surface area (Å²) < 4.78 is 13.6. The molecular weight excluding hydrogens is 263 g/mol. The van der Waals surface area contributed by atoms with Gasteiger partial charge in [0.05, 0.1) is 0 Å². The number of nitrogens with two attached hydrogens (primary N) is 1. The lowest BCUT2D eigenvalue weighted by atomic mass is 10.3. The number of rotatable bonds is 4. The molecule has 1 aromatic heterocycles. The average molecular weight is 276 g/mol. The van der Waals surface area contributed by atoms with Crippen molar-refractivity contribution in [1.82, 2.24) is 9.97 Å². The van der Waals surface area contributed by atoms with Gasteiger partial charge in [-0.3, -0.25) is 0 Å². The fraction of sp³-hybridized carbons (Fsp3) is 0.231. The van der Waals surface area contributed by atoms with Crippen LogP contribution in [0.3, 0.4) is 0 Å². The van der Waals surface area contributed by atoms with Gasteiger partial charge < -0.3 is 5.43 Å². The highest BCUT2D eigenvalue weighted by molar-refractivity contribution is 7.99. The van der Waals surface area contributed by atoms with Crippen molar-refractivity contribution in [3.63, 3.8) is 0 Å². The molecule has 6 heteroatoms. The Kier molecular flexibility index (Phi) is 3.35. The van der Waals surface area contributed by atoms with Crippen LogP contribution in [0.25, 0.3) is 0 Å². The van der Waals surface area contributed by atoms with Crippen LogP contribution in [-0.2, 0) is 0 Å². The summed E-state index contributed by atoms with van der Waals surface area (Å²) in [6.45, 7) is 0. The van der Waals surface area contributed by atoms with Crippen LogP contribution >= 0.6 is 11.8 Å². The van der Waals surface area contributed by atoms with Gasteiger partial charge in [0.1, 0.15) is 22.5 Å². The number of nitrogens with zero attached hydrogens (tertiary/aromatic N) is 2. The van der Waals surface area contributed by atoms with Crippen LogP contribution in [0.2, 0.25) is 0 Å². The van der Waals surface area contributed by atoms with Crippen LogP contribution in [0.5, 0.6) is 0 Å². The van der Waals surface area contributed by atoms with Gasteiger partial charge >= 0.3 is 0 Å². The summed E-state index contributed by atoms with van der Waals surface area (Å²) in [5.41, 5.74) is 2.53. The van der Waals surface area contributed by atoms with Gasteiger partial charge in [-0.25, -0.2) is 20.2 Å². The first-order chi connectivity index (χ1) is 9.26. The minimum atomic E-state index is -0.249. The summed E-state index contributed by atoms with van der Waals surface area (Å²) in [5.74, 6) is 6.94. The summed E-state index contributed by atoms with van der Waals surface area (Å²) in [7, 11) is 0. The van der Waals surface area contributed by atoms with Gasteiger partial charge in [0.2, 0.25) is 0 Å². The molecule has 0 radical (unpaired) electrons. The van der Waals surface area contributed by atoms with E-state index in [0.717, 1.165) is 18.7 Å². The van der Waals surface area contributed by atoms with Crippen molar-refractivity contribution in [3.05, 3.63) is 42.0 Å². The predicted molar refractivity (Wildman–Crippen MR) is 72.3 cm³/mol. The highest BCUT2D eigenvalue weighted by Crippen LogP contribution is 2.39. The van der Waals surface area contributed by atoms with Gasteiger partial charge in [0.15, 0.2) is 0 Å². The van der Waals surface area contributed by atoms with Gasteiger partial charge in [-0.05, 0) is 25.0 Å². The molecule has 3 rings (SSSR count). The van der Waals surface area contributed by atoms with Crippen molar-refractivity contribution < 1.29 is 4.39 Å². The zero-order chi connectivity index (χ0) is 13.2. The summed E-state index contributed by atoms with van der Waals surface area (Å²) in [6.07, 6.45) is 2.22. The lowest BCUT2D eigenvalue weighted by Crippen LogP contribution is -2.10. The first-order valence-electron chi connectivity index (χ1n) is 6.04. The number of anilines is 1. The molecule has 0 saturated heterocycles. The fourth-order valence-corrected chi connectivity index (χ4v) is 2.58. The number of halogens is 1. The molecule has 2 aromatic rings. The Morgan fingerprint density at radius 3 is 2.74 bits per heavy atom. The van der Waals surface area contributed by atoms with Crippen LogP contribution < -0.4 is 11.3 Å². The topological polar surface area (TPSA) is 63.8 Å². The third-order valence-electron chi connectivity index (χ3n) is 2.86. The van der Waals surface area contributed by atoms with Crippen molar-refractivity contribution in [1.29, 1.82) is 0 Å². The number of hydrogen-bond acceptors (Lipinski definition) is 5. The minimum absolute atomic E-state index is 0.249. The Balaban J connectivity index is 1.91. The quantitative estimate of drug-likeness (QED) is 0.510. The Bertz CT molecular complexity index is 601. The molecule has 0 amide bonds. The summed E-state index contributed by atoms with van der Waals surface area (Å²) in [4.78, 5) is 9.34. The smallest absolute Gasteiger partial charge is 0.144 e. The molecule has 3 N–H and O–H groups in total. The number of hydrazine groups is 1. The van der Waals surface area contributed by atoms with E-state index < -0.39 is 0 Å². The first-order valence-corrected chi connectivity index (χ1v) is 6.86. The molecule has 1 fully saturated rings. The largest absolute Gasteiger partial charge is 0.308 e. The van der Waals surface area contributed by atoms with E-state index in [4.69, 9.17) is 5.84 Å². The van der Waals surface area contributed by atoms with Gasteiger partial charge in [-0.2, -0.15) is 0 Å². The number of hydrogen-bond donors (Lipinski definition) is 2.